The first-order valence-electron chi connectivity index (χ1n) is 4.99. The van der Waals surface area contributed by atoms with Crippen LogP contribution in [0.15, 0.2) is 18.2 Å². The molecular formula is C12H14ClNO2. The number of hydrogen-bond acceptors (Lipinski definition) is 2. The van der Waals surface area contributed by atoms with Gasteiger partial charge in [0.2, 0.25) is 0 Å². The Hall–Kier alpha value is -1.35. The van der Waals surface area contributed by atoms with E-state index in [-0.39, 0.29) is 11.7 Å². The van der Waals surface area contributed by atoms with Crippen molar-refractivity contribution in [2.75, 3.05) is 0 Å². The van der Waals surface area contributed by atoms with Gasteiger partial charge in [0.15, 0.2) is 5.78 Å². The lowest BCUT2D eigenvalue weighted by Gasteiger charge is -2.11. The first-order valence-corrected chi connectivity index (χ1v) is 5.37. The van der Waals surface area contributed by atoms with Crippen LogP contribution in [0.4, 0.5) is 0 Å². The van der Waals surface area contributed by atoms with Gasteiger partial charge >= 0.3 is 0 Å². The van der Waals surface area contributed by atoms with E-state index in [0.717, 1.165) is 5.56 Å². The quantitative estimate of drug-likeness (QED) is 0.880. The third-order valence-corrected chi connectivity index (χ3v) is 2.64. The van der Waals surface area contributed by atoms with Crippen LogP contribution < -0.4 is 5.32 Å². The van der Waals surface area contributed by atoms with Gasteiger partial charge in [-0.2, -0.15) is 0 Å². The second-order valence-electron chi connectivity index (χ2n) is 3.79. The van der Waals surface area contributed by atoms with Gasteiger partial charge in [-0.15, -0.1) is 0 Å². The zero-order valence-electron chi connectivity index (χ0n) is 9.50. The summed E-state index contributed by atoms with van der Waals surface area (Å²) in [5, 5.41) is 2.98. The molecule has 0 aliphatic heterocycles. The number of Topliss-reactive ketones (excluding diaryl/α,β-unsaturated/α-hetero) is 1. The van der Waals surface area contributed by atoms with Crippen molar-refractivity contribution >= 4 is 23.3 Å². The minimum atomic E-state index is -0.495. The summed E-state index contributed by atoms with van der Waals surface area (Å²) in [6.45, 7) is 4.97. The number of aryl methyl sites for hydroxylation is 1. The predicted octanol–water partition coefficient (Wildman–Crippen LogP) is 2.36. The fraction of sp³-hybridized carbons (Fsp3) is 0.333. The van der Waals surface area contributed by atoms with E-state index >= 15 is 0 Å². The van der Waals surface area contributed by atoms with Gasteiger partial charge in [-0.1, -0.05) is 17.7 Å². The Bertz CT molecular complexity index is 429. The van der Waals surface area contributed by atoms with Crippen molar-refractivity contribution in [1.82, 2.24) is 5.32 Å². The van der Waals surface area contributed by atoms with Crippen LogP contribution in [-0.2, 0) is 4.79 Å². The van der Waals surface area contributed by atoms with Crippen molar-refractivity contribution in [2.24, 2.45) is 0 Å². The zero-order chi connectivity index (χ0) is 12.3. The lowest BCUT2D eigenvalue weighted by atomic mass is 10.1. The first-order chi connectivity index (χ1) is 7.41. The van der Waals surface area contributed by atoms with Crippen LogP contribution in [0.25, 0.3) is 0 Å². The number of nitrogens with one attached hydrogen (secondary N) is 1. The van der Waals surface area contributed by atoms with Gasteiger partial charge in [0.1, 0.15) is 0 Å². The van der Waals surface area contributed by atoms with E-state index in [4.69, 9.17) is 11.6 Å². The van der Waals surface area contributed by atoms with Crippen LogP contribution in [0.1, 0.15) is 29.8 Å². The molecule has 3 nitrogen and oxygen atoms in total. The molecule has 1 aromatic carbocycles. The Labute approximate surface area is 99.8 Å². The lowest BCUT2D eigenvalue weighted by Crippen LogP contribution is -2.37. The molecule has 0 saturated heterocycles. The van der Waals surface area contributed by atoms with Crippen LogP contribution in [0.5, 0.6) is 0 Å². The summed E-state index contributed by atoms with van der Waals surface area (Å²) in [4.78, 5) is 22.7. The number of carbonyl (C=O) groups is 2. The first kappa shape index (κ1) is 12.7. The number of benzene rings is 1. The summed E-state index contributed by atoms with van der Waals surface area (Å²) in [5.74, 6) is -0.413. The Morgan fingerprint density at radius 3 is 2.50 bits per heavy atom. The van der Waals surface area contributed by atoms with E-state index in [1.54, 1.807) is 25.1 Å². The van der Waals surface area contributed by atoms with Gasteiger partial charge in [-0.3, -0.25) is 9.59 Å². The third-order valence-electron chi connectivity index (χ3n) is 2.33. The second-order valence-corrected chi connectivity index (χ2v) is 4.20. The molecule has 86 valence electrons. The van der Waals surface area contributed by atoms with E-state index < -0.39 is 6.04 Å². The summed E-state index contributed by atoms with van der Waals surface area (Å²) in [6, 6.07) is 4.68. The van der Waals surface area contributed by atoms with Gasteiger partial charge in [-0.05, 0) is 38.5 Å². The van der Waals surface area contributed by atoms with E-state index in [1.807, 2.05) is 6.92 Å². The van der Waals surface area contributed by atoms with Crippen molar-refractivity contribution < 1.29 is 9.59 Å². The maximum atomic E-state index is 11.7. The highest BCUT2D eigenvalue weighted by molar-refractivity contribution is 6.34. The Morgan fingerprint density at radius 1 is 1.38 bits per heavy atom. The van der Waals surface area contributed by atoms with Crippen molar-refractivity contribution in [3.63, 3.8) is 0 Å². The molecule has 4 heteroatoms. The second kappa shape index (κ2) is 5.12. The van der Waals surface area contributed by atoms with Crippen LogP contribution in [0.2, 0.25) is 5.02 Å². The maximum absolute atomic E-state index is 11.7. The van der Waals surface area contributed by atoms with Gasteiger partial charge in [0.05, 0.1) is 16.6 Å². The monoisotopic (exact) mass is 239 g/mol. The molecule has 0 spiro atoms. The molecule has 1 unspecified atom stereocenters. The Kier molecular flexibility index (Phi) is 4.07. The highest BCUT2D eigenvalue weighted by Gasteiger charge is 2.15. The average Bonchev–Trinajstić information content (AvgIpc) is 2.16. The van der Waals surface area contributed by atoms with Gasteiger partial charge < -0.3 is 5.32 Å². The van der Waals surface area contributed by atoms with E-state index in [9.17, 15) is 9.59 Å². The summed E-state index contributed by atoms with van der Waals surface area (Å²) in [6.07, 6.45) is 0. The standard InChI is InChI=1S/C12H14ClNO2/c1-7-4-5-10(11(13)6-7)12(16)14-8(2)9(3)15/h4-6,8H,1-3H3,(H,14,16). The van der Waals surface area contributed by atoms with E-state index in [0.29, 0.717) is 10.6 Å². The molecule has 1 aromatic rings. The largest absolute Gasteiger partial charge is 0.342 e. The Balaban J connectivity index is 2.85. The number of amides is 1. The summed E-state index contributed by atoms with van der Waals surface area (Å²) >= 11 is 5.94. The fourth-order valence-corrected chi connectivity index (χ4v) is 1.50. The van der Waals surface area contributed by atoms with E-state index in [2.05, 4.69) is 5.32 Å². The smallest absolute Gasteiger partial charge is 0.253 e. The molecule has 0 radical (unpaired) electrons. The molecule has 1 atom stereocenters. The highest BCUT2D eigenvalue weighted by atomic mass is 35.5. The molecule has 0 heterocycles. The summed E-state index contributed by atoms with van der Waals surface area (Å²) in [5.41, 5.74) is 1.38. The third kappa shape index (κ3) is 3.07. The molecule has 0 aliphatic carbocycles. The summed E-state index contributed by atoms with van der Waals surface area (Å²) < 4.78 is 0. The van der Waals surface area contributed by atoms with Gasteiger partial charge in [0, 0.05) is 0 Å². The van der Waals surface area contributed by atoms with Crippen molar-refractivity contribution in [2.45, 2.75) is 26.8 Å². The molecule has 0 aliphatic rings. The van der Waals surface area contributed by atoms with Crippen molar-refractivity contribution in [3.8, 4) is 0 Å². The number of carbonyl (C=O) groups excluding carboxylic acids is 2. The topological polar surface area (TPSA) is 46.2 Å². The molecule has 1 N–H and O–H groups in total. The normalized spacial score (nSPS) is 12.0. The zero-order valence-corrected chi connectivity index (χ0v) is 10.3. The molecule has 0 saturated carbocycles. The van der Waals surface area contributed by atoms with Crippen LogP contribution >= 0.6 is 11.6 Å². The minimum absolute atomic E-state index is 0.0865. The SMILES string of the molecule is CC(=O)C(C)NC(=O)c1ccc(C)cc1Cl. The van der Waals surface area contributed by atoms with Crippen LogP contribution in [0, 0.1) is 6.92 Å². The molecule has 0 bridgehead atoms. The summed E-state index contributed by atoms with van der Waals surface area (Å²) in [7, 11) is 0. The van der Waals surface area contributed by atoms with Crippen molar-refractivity contribution in [3.05, 3.63) is 34.3 Å². The molecule has 1 amide bonds. The molecule has 16 heavy (non-hydrogen) atoms. The predicted molar refractivity (Wildman–Crippen MR) is 63.8 cm³/mol. The molecule has 0 aromatic heterocycles. The fourth-order valence-electron chi connectivity index (χ4n) is 1.18. The Morgan fingerprint density at radius 2 is 2.00 bits per heavy atom. The maximum Gasteiger partial charge on any atom is 0.253 e. The van der Waals surface area contributed by atoms with Gasteiger partial charge in [0.25, 0.3) is 5.91 Å². The van der Waals surface area contributed by atoms with Gasteiger partial charge in [-0.25, -0.2) is 0 Å². The molecule has 1 rings (SSSR count). The number of hydrogen-bond donors (Lipinski definition) is 1. The average molecular weight is 240 g/mol. The highest BCUT2D eigenvalue weighted by Crippen LogP contribution is 2.17. The molecule has 0 fully saturated rings. The lowest BCUT2D eigenvalue weighted by molar-refractivity contribution is -0.118. The van der Waals surface area contributed by atoms with E-state index in [1.165, 1.54) is 6.92 Å². The number of ketones is 1. The number of rotatable bonds is 3. The molecular weight excluding hydrogens is 226 g/mol. The number of halogens is 1. The minimum Gasteiger partial charge on any atom is -0.342 e. The van der Waals surface area contributed by atoms with Crippen molar-refractivity contribution in [1.29, 1.82) is 0 Å². The van der Waals surface area contributed by atoms with Crippen LogP contribution in [0.3, 0.4) is 0 Å². The van der Waals surface area contributed by atoms with Crippen LogP contribution in [-0.4, -0.2) is 17.7 Å².